The number of aliphatic carboxylic acids is 1. The minimum Gasteiger partial charge on any atom is -0.482 e. The highest BCUT2D eigenvalue weighted by Crippen LogP contribution is 2.36. The summed E-state index contributed by atoms with van der Waals surface area (Å²) in [7, 11) is 0. The summed E-state index contributed by atoms with van der Waals surface area (Å²) in [5, 5.41) is 16.7. The number of benzene rings is 3. The van der Waals surface area contributed by atoms with Crippen LogP contribution >= 0.6 is 23.5 Å². The SMILES string of the molecule is Cc1cc(SCc2cc(-c3ccc(C(F)(F)F)cc3)oc2CSc2nc(-c3ccccc3)n[nH]2)ccc1OCC(=O)O. The lowest BCUT2D eigenvalue weighted by Gasteiger charge is -2.09. The molecule has 0 amide bonds. The highest BCUT2D eigenvalue weighted by atomic mass is 32.2. The summed E-state index contributed by atoms with van der Waals surface area (Å²) < 4.78 is 50.7. The summed E-state index contributed by atoms with van der Waals surface area (Å²) in [6.07, 6.45) is -4.42. The monoisotopic (exact) mass is 611 g/mol. The van der Waals surface area contributed by atoms with Crippen molar-refractivity contribution in [2.45, 2.75) is 34.7 Å². The van der Waals surface area contributed by atoms with Crippen molar-refractivity contribution in [3.05, 3.63) is 101 Å². The molecular formula is C30H24F3N3O4S2. The molecule has 0 saturated heterocycles. The van der Waals surface area contributed by atoms with Crippen LogP contribution in [0.25, 0.3) is 22.7 Å². The average Bonchev–Trinajstić information content (AvgIpc) is 3.62. The second-order valence-electron chi connectivity index (χ2n) is 9.15. The molecule has 0 aliphatic rings. The number of nitrogens with one attached hydrogen (secondary N) is 1. The van der Waals surface area contributed by atoms with Gasteiger partial charge in [-0.15, -0.1) is 11.8 Å². The van der Waals surface area contributed by atoms with Gasteiger partial charge < -0.3 is 14.3 Å². The van der Waals surface area contributed by atoms with Crippen LogP contribution in [0.4, 0.5) is 13.2 Å². The van der Waals surface area contributed by atoms with E-state index < -0.39 is 24.3 Å². The fourth-order valence-electron chi connectivity index (χ4n) is 4.01. The number of carboxylic acids is 1. The maximum Gasteiger partial charge on any atom is 0.416 e. The van der Waals surface area contributed by atoms with Crippen LogP contribution in [-0.2, 0) is 22.5 Å². The fraction of sp³-hybridized carbons (Fsp3) is 0.167. The third-order valence-corrected chi connectivity index (χ3v) is 8.03. The summed E-state index contributed by atoms with van der Waals surface area (Å²) in [5.41, 5.74) is 2.38. The van der Waals surface area contributed by atoms with Crippen molar-refractivity contribution in [2.24, 2.45) is 0 Å². The smallest absolute Gasteiger partial charge is 0.416 e. The van der Waals surface area contributed by atoms with Crippen molar-refractivity contribution in [1.29, 1.82) is 0 Å². The number of furan rings is 1. The Labute approximate surface area is 247 Å². The van der Waals surface area contributed by atoms with Crippen molar-refractivity contribution in [3.63, 3.8) is 0 Å². The zero-order chi connectivity index (χ0) is 29.7. The number of nitrogens with zero attached hydrogens (tertiary/aromatic N) is 2. The van der Waals surface area contributed by atoms with E-state index in [1.54, 1.807) is 17.8 Å². The molecular weight excluding hydrogens is 587 g/mol. The van der Waals surface area contributed by atoms with E-state index in [9.17, 15) is 18.0 Å². The maximum absolute atomic E-state index is 13.1. The van der Waals surface area contributed by atoms with E-state index in [1.165, 1.54) is 23.9 Å². The van der Waals surface area contributed by atoms with Gasteiger partial charge in [0.25, 0.3) is 0 Å². The van der Waals surface area contributed by atoms with Gasteiger partial charge in [0.1, 0.15) is 17.3 Å². The van der Waals surface area contributed by atoms with Crippen LogP contribution in [0.2, 0.25) is 0 Å². The number of thioether (sulfide) groups is 2. The molecule has 0 fully saturated rings. The largest absolute Gasteiger partial charge is 0.482 e. The molecule has 3 aromatic carbocycles. The molecule has 0 radical (unpaired) electrons. The molecule has 2 N–H and O–H groups in total. The lowest BCUT2D eigenvalue weighted by atomic mass is 10.1. The van der Waals surface area contributed by atoms with Crippen LogP contribution in [0, 0.1) is 6.92 Å². The van der Waals surface area contributed by atoms with Gasteiger partial charge in [0.05, 0.1) is 11.3 Å². The predicted molar refractivity (Wildman–Crippen MR) is 154 cm³/mol. The van der Waals surface area contributed by atoms with E-state index in [1.807, 2.05) is 55.5 Å². The van der Waals surface area contributed by atoms with Gasteiger partial charge in [0.2, 0.25) is 0 Å². The van der Waals surface area contributed by atoms with Gasteiger partial charge in [-0.2, -0.15) is 18.3 Å². The minimum atomic E-state index is -4.42. The molecule has 0 aliphatic carbocycles. The number of carboxylic acid groups (broad SMARTS) is 1. The number of hydrogen-bond acceptors (Lipinski definition) is 7. The van der Waals surface area contributed by atoms with Gasteiger partial charge in [-0.3, -0.25) is 5.10 Å². The Balaban J connectivity index is 1.35. The van der Waals surface area contributed by atoms with E-state index in [4.69, 9.17) is 14.3 Å². The van der Waals surface area contributed by atoms with Crippen molar-refractivity contribution in [3.8, 4) is 28.5 Å². The molecule has 0 spiro atoms. The van der Waals surface area contributed by atoms with Gasteiger partial charge >= 0.3 is 12.1 Å². The first-order chi connectivity index (χ1) is 20.2. The second kappa shape index (κ2) is 12.8. The van der Waals surface area contributed by atoms with Crippen LogP contribution in [0.3, 0.4) is 0 Å². The molecule has 216 valence electrons. The summed E-state index contributed by atoms with van der Waals surface area (Å²) in [6, 6.07) is 21.8. The number of carbonyl (C=O) groups is 1. The van der Waals surface area contributed by atoms with Crippen LogP contribution in [-0.4, -0.2) is 32.9 Å². The van der Waals surface area contributed by atoms with Crippen molar-refractivity contribution in [1.82, 2.24) is 15.2 Å². The summed E-state index contributed by atoms with van der Waals surface area (Å²) >= 11 is 2.95. The number of H-pyrrole nitrogens is 1. The quantitative estimate of drug-likeness (QED) is 0.145. The van der Waals surface area contributed by atoms with E-state index in [0.29, 0.717) is 45.3 Å². The lowest BCUT2D eigenvalue weighted by molar-refractivity contribution is -0.139. The zero-order valence-corrected chi connectivity index (χ0v) is 23.8. The highest BCUT2D eigenvalue weighted by molar-refractivity contribution is 7.98. The molecule has 42 heavy (non-hydrogen) atoms. The molecule has 0 bridgehead atoms. The Kier molecular flexibility index (Phi) is 8.93. The first kappa shape index (κ1) is 29.3. The second-order valence-corrected chi connectivity index (χ2v) is 11.2. The molecule has 5 aromatic rings. The van der Waals surface area contributed by atoms with Crippen LogP contribution in [0.15, 0.2) is 93.3 Å². The average molecular weight is 612 g/mol. The molecule has 12 heteroatoms. The summed E-state index contributed by atoms with van der Waals surface area (Å²) in [5.74, 6) is 2.09. The molecule has 5 rings (SSSR count). The van der Waals surface area contributed by atoms with E-state index in [-0.39, 0.29) is 0 Å². The van der Waals surface area contributed by atoms with Gasteiger partial charge in [0, 0.05) is 27.3 Å². The van der Waals surface area contributed by atoms with Gasteiger partial charge in [0.15, 0.2) is 17.6 Å². The zero-order valence-electron chi connectivity index (χ0n) is 22.1. The topological polar surface area (TPSA) is 101 Å². The number of rotatable bonds is 11. The van der Waals surface area contributed by atoms with Crippen molar-refractivity contribution in [2.75, 3.05) is 6.61 Å². The van der Waals surface area contributed by atoms with Crippen molar-refractivity contribution < 1.29 is 32.2 Å². The highest BCUT2D eigenvalue weighted by Gasteiger charge is 2.30. The Hall–Kier alpha value is -4.16. The number of halogens is 3. The van der Waals surface area contributed by atoms with Gasteiger partial charge in [-0.05, 0) is 48.9 Å². The lowest BCUT2D eigenvalue weighted by Crippen LogP contribution is -2.09. The number of alkyl halides is 3. The molecule has 7 nitrogen and oxygen atoms in total. The number of ether oxygens (including phenoxy) is 1. The Morgan fingerprint density at radius 3 is 2.43 bits per heavy atom. The third-order valence-electron chi connectivity index (χ3n) is 6.12. The van der Waals surface area contributed by atoms with E-state index >= 15 is 0 Å². The number of aromatic amines is 1. The minimum absolute atomic E-state index is 0.418. The Bertz CT molecular complexity index is 1670. The normalized spacial score (nSPS) is 11.5. The van der Waals surface area contributed by atoms with E-state index in [2.05, 4.69) is 15.2 Å². The third kappa shape index (κ3) is 7.37. The number of aromatic nitrogens is 3. The van der Waals surface area contributed by atoms with Crippen LogP contribution in [0.1, 0.15) is 22.5 Å². The summed E-state index contributed by atoms with van der Waals surface area (Å²) in [6.45, 7) is 1.42. The standard InChI is InChI=1S/C30H24F3N3O4S2/c1-18-13-23(11-12-24(18)39-15-27(37)38)41-16-21-14-25(19-7-9-22(10-8-19)30(31,32)33)40-26(21)17-42-29-34-28(35-36-29)20-5-3-2-4-6-20/h2-14H,15-17H2,1H3,(H,37,38)(H,34,35,36). The molecule has 0 saturated carbocycles. The molecule has 0 aliphatic heterocycles. The van der Waals surface area contributed by atoms with Gasteiger partial charge in [-0.1, -0.05) is 54.2 Å². The van der Waals surface area contributed by atoms with Crippen molar-refractivity contribution >= 4 is 29.5 Å². The molecule has 2 heterocycles. The molecule has 0 atom stereocenters. The Morgan fingerprint density at radius 1 is 0.976 bits per heavy atom. The van der Waals surface area contributed by atoms with Crippen LogP contribution in [0.5, 0.6) is 5.75 Å². The molecule has 2 aromatic heterocycles. The number of aryl methyl sites for hydroxylation is 1. The van der Waals surface area contributed by atoms with E-state index in [0.717, 1.165) is 33.7 Å². The first-order valence-electron chi connectivity index (χ1n) is 12.6. The fourth-order valence-corrected chi connectivity index (χ4v) is 5.78. The van der Waals surface area contributed by atoms with Gasteiger partial charge in [-0.25, -0.2) is 9.78 Å². The summed E-state index contributed by atoms with van der Waals surface area (Å²) in [4.78, 5) is 16.3. The Morgan fingerprint density at radius 2 is 1.74 bits per heavy atom. The maximum atomic E-state index is 13.1. The number of hydrogen-bond donors (Lipinski definition) is 2. The first-order valence-corrected chi connectivity index (χ1v) is 14.6. The van der Waals surface area contributed by atoms with Crippen LogP contribution < -0.4 is 4.74 Å². The molecule has 0 unspecified atom stereocenters. The predicted octanol–water partition coefficient (Wildman–Crippen LogP) is 8.11.